The summed E-state index contributed by atoms with van der Waals surface area (Å²) in [5.74, 6) is 0. The van der Waals surface area contributed by atoms with E-state index in [2.05, 4.69) is 0 Å². The number of hydrogen-bond acceptors (Lipinski definition) is 4. The van der Waals surface area contributed by atoms with Crippen LogP contribution in [0.1, 0.15) is 0 Å². The van der Waals surface area contributed by atoms with E-state index >= 15 is 0 Å². The molecule has 0 spiro atoms. The second-order valence-corrected chi connectivity index (χ2v) is 2.06. The molecule has 4 nitrogen and oxygen atoms in total. The molecular weight excluding hydrogens is 360 g/mol. The van der Waals surface area contributed by atoms with Crippen LogP contribution in [-0.4, -0.2) is 35.1 Å². The summed E-state index contributed by atoms with van der Waals surface area (Å²) in [6.45, 7) is 1.15. The molecule has 0 aromatic rings. The normalized spacial score (nSPS) is 39.3. The minimum atomic E-state index is -0.755. The molecule has 3 atom stereocenters. The minimum Gasteiger partial charge on any atom is -0.545 e. The Morgan fingerprint density at radius 2 is 2.20 bits per heavy atom. The van der Waals surface area contributed by atoms with Crippen LogP contribution in [0, 0.1) is 37.7 Å². The van der Waals surface area contributed by atoms with Gasteiger partial charge in [-0.3, -0.25) is 0 Å². The van der Waals surface area contributed by atoms with E-state index in [0.717, 1.165) is 0 Å². The number of aliphatic hydroxyl groups is 2. The Bertz CT molecular complexity index is 103. The van der Waals surface area contributed by atoms with Gasteiger partial charge in [-0.05, 0) is 0 Å². The Kier molecular flexibility index (Phi) is 5.13. The molecule has 0 saturated carbocycles. The predicted octanol–water partition coefficient (Wildman–Crippen LogP) is -1.77. The standard InChI is InChI=1S/C5H10NO3.U/c6-3-2-9-4(1-7)5(3)8;/h2-5,7-8H,1,6H2;/q-1;/t3-,4-,5?;/m1./s1. The van der Waals surface area contributed by atoms with Gasteiger partial charge < -0.3 is 20.7 Å². The van der Waals surface area contributed by atoms with Crippen molar-refractivity contribution in [2.75, 3.05) is 6.61 Å². The van der Waals surface area contributed by atoms with Gasteiger partial charge in [-0.25, -0.2) is 0 Å². The third kappa shape index (κ3) is 2.19. The molecule has 0 aromatic carbocycles. The van der Waals surface area contributed by atoms with E-state index in [1.165, 1.54) is 6.61 Å². The van der Waals surface area contributed by atoms with Crippen LogP contribution in [0.15, 0.2) is 0 Å². The average Bonchev–Trinajstić information content (AvgIpc) is 2.15. The van der Waals surface area contributed by atoms with E-state index in [4.69, 9.17) is 20.7 Å². The molecule has 1 fully saturated rings. The molecule has 1 aliphatic heterocycles. The first-order valence-corrected chi connectivity index (χ1v) is 2.79. The Morgan fingerprint density at radius 3 is 2.40 bits per heavy atom. The van der Waals surface area contributed by atoms with Crippen LogP contribution in [-0.2, 0) is 4.74 Å². The van der Waals surface area contributed by atoms with Gasteiger partial charge in [0.25, 0.3) is 0 Å². The van der Waals surface area contributed by atoms with Crippen molar-refractivity contribution >= 4 is 0 Å². The molecule has 10 heavy (non-hydrogen) atoms. The topological polar surface area (TPSA) is 75.7 Å². The van der Waals surface area contributed by atoms with Crippen LogP contribution in [0.5, 0.6) is 0 Å². The summed E-state index contributed by atoms with van der Waals surface area (Å²) < 4.78 is 4.78. The van der Waals surface area contributed by atoms with Crippen molar-refractivity contribution in [3.8, 4) is 0 Å². The van der Waals surface area contributed by atoms with Crippen LogP contribution in [0.25, 0.3) is 0 Å². The molecule has 1 unspecified atom stereocenters. The van der Waals surface area contributed by atoms with E-state index < -0.39 is 18.2 Å². The monoisotopic (exact) mass is 370 g/mol. The number of ether oxygens (including phenoxy) is 1. The first-order chi connectivity index (χ1) is 4.25. The van der Waals surface area contributed by atoms with Crippen molar-refractivity contribution in [3.63, 3.8) is 0 Å². The predicted molar refractivity (Wildman–Crippen MR) is 30.2 cm³/mol. The molecule has 58 valence electrons. The van der Waals surface area contributed by atoms with Gasteiger partial charge in [0.2, 0.25) is 0 Å². The molecule has 0 bridgehead atoms. The average molecular weight is 370 g/mol. The van der Waals surface area contributed by atoms with Crippen molar-refractivity contribution < 1.29 is 46.1 Å². The third-order valence-electron chi connectivity index (χ3n) is 1.37. The summed E-state index contributed by atoms with van der Waals surface area (Å²) in [6, 6.07) is -0.456. The molecular formula is C5H10NO3U-. The minimum absolute atomic E-state index is 0. The maximum Gasteiger partial charge on any atom is 0.0725 e. The fraction of sp³-hybridized carbons (Fsp3) is 0.800. The quantitative estimate of drug-likeness (QED) is 0.478. The Balaban J connectivity index is 0.000000810. The Labute approximate surface area is 83.1 Å². The Hall–Kier alpha value is 0.892. The summed E-state index contributed by atoms with van der Waals surface area (Å²) in [5, 5.41) is 17.5. The molecule has 5 heteroatoms. The maximum atomic E-state index is 9.02. The van der Waals surface area contributed by atoms with Gasteiger partial charge in [-0.1, -0.05) is 6.04 Å². The largest absolute Gasteiger partial charge is 0.545 e. The smallest absolute Gasteiger partial charge is 0.0725 e. The number of hydrogen-bond donors (Lipinski definition) is 3. The zero-order valence-electron chi connectivity index (χ0n) is 5.40. The second-order valence-electron chi connectivity index (χ2n) is 2.06. The molecule has 0 amide bonds. The number of aliphatic hydroxyl groups excluding tert-OH is 2. The van der Waals surface area contributed by atoms with Gasteiger partial charge in [0, 0.05) is 31.1 Å². The van der Waals surface area contributed by atoms with Gasteiger partial charge >= 0.3 is 0 Å². The Morgan fingerprint density at radius 1 is 1.60 bits per heavy atom. The van der Waals surface area contributed by atoms with Gasteiger partial charge in [0.15, 0.2) is 0 Å². The van der Waals surface area contributed by atoms with Crippen molar-refractivity contribution in [1.82, 2.24) is 0 Å². The summed E-state index contributed by atoms with van der Waals surface area (Å²) in [5.41, 5.74) is 5.30. The molecule has 0 radical (unpaired) electrons. The van der Waals surface area contributed by atoms with Gasteiger partial charge in [0.05, 0.1) is 18.8 Å². The fourth-order valence-corrected chi connectivity index (χ4v) is 0.752. The van der Waals surface area contributed by atoms with Crippen molar-refractivity contribution in [3.05, 3.63) is 6.61 Å². The van der Waals surface area contributed by atoms with Crippen LogP contribution in [0.4, 0.5) is 0 Å². The molecule has 1 aliphatic rings. The maximum absolute atomic E-state index is 9.02. The summed E-state index contributed by atoms with van der Waals surface area (Å²) >= 11 is 0. The van der Waals surface area contributed by atoms with Gasteiger partial charge in [0.1, 0.15) is 0 Å². The molecule has 1 saturated heterocycles. The third-order valence-corrected chi connectivity index (χ3v) is 1.37. The molecule has 0 aromatic heterocycles. The summed E-state index contributed by atoms with van der Waals surface area (Å²) in [6.07, 6.45) is -1.28. The van der Waals surface area contributed by atoms with Crippen LogP contribution in [0.2, 0.25) is 0 Å². The first kappa shape index (κ1) is 10.9. The fourth-order valence-electron chi connectivity index (χ4n) is 0.752. The first-order valence-electron chi connectivity index (χ1n) is 2.79. The molecule has 1 heterocycles. The van der Waals surface area contributed by atoms with E-state index in [1.54, 1.807) is 0 Å². The van der Waals surface area contributed by atoms with E-state index in [9.17, 15) is 0 Å². The van der Waals surface area contributed by atoms with Crippen LogP contribution in [0.3, 0.4) is 0 Å². The van der Waals surface area contributed by atoms with Crippen LogP contribution < -0.4 is 5.73 Å². The number of nitrogens with two attached hydrogens (primary N) is 1. The molecule has 1 rings (SSSR count). The van der Waals surface area contributed by atoms with Crippen LogP contribution >= 0.6 is 0 Å². The molecule has 0 aliphatic carbocycles. The van der Waals surface area contributed by atoms with Crippen molar-refractivity contribution in [2.24, 2.45) is 5.73 Å². The van der Waals surface area contributed by atoms with Crippen molar-refractivity contribution in [2.45, 2.75) is 18.2 Å². The molecule has 4 N–H and O–H groups in total. The van der Waals surface area contributed by atoms with Gasteiger partial charge in [-0.2, -0.15) is 6.61 Å². The van der Waals surface area contributed by atoms with E-state index in [1.807, 2.05) is 0 Å². The zero-order chi connectivity index (χ0) is 6.85. The summed E-state index contributed by atoms with van der Waals surface area (Å²) in [4.78, 5) is 0. The van der Waals surface area contributed by atoms with E-state index in [0.29, 0.717) is 0 Å². The van der Waals surface area contributed by atoms with E-state index in [-0.39, 0.29) is 37.7 Å². The second kappa shape index (κ2) is 4.71. The number of rotatable bonds is 1. The SMILES string of the molecule is N[C@@H]1[CH-]O[C@H](CO)C1O.[U]. The zero-order valence-corrected chi connectivity index (χ0v) is 9.56. The van der Waals surface area contributed by atoms with Crippen molar-refractivity contribution in [1.29, 1.82) is 0 Å². The van der Waals surface area contributed by atoms with Gasteiger partial charge in [-0.15, -0.1) is 0 Å². The summed E-state index contributed by atoms with van der Waals surface area (Å²) in [7, 11) is 0.